The lowest BCUT2D eigenvalue weighted by atomic mass is 9.91. The summed E-state index contributed by atoms with van der Waals surface area (Å²) in [4.78, 5) is 57.3. The molecule has 0 aliphatic heterocycles. The molecule has 7 aromatic heterocycles. The summed E-state index contributed by atoms with van der Waals surface area (Å²) in [5, 5.41) is 31.0. The third kappa shape index (κ3) is 23.1. The van der Waals surface area contributed by atoms with Gasteiger partial charge in [0.05, 0.1) is 35.4 Å². The van der Waals surface area contributed by atoms with Crippen LogP contribution in [0.4, 0.5) is 34.9 Å². The van der Waals surface area contributed by atoms with Gasteiger partial charge in [-0.15, -0.1) is 6.58 Å². The van der Waals surface area contributed by atoms with Gasteiger partial charge in [0.2, 0.25) is 0 Å². The minimum atomic E-state index is -0.298. The number of unbranched alkanes of at least 4 members (excludes halogenated alkanes) is 2. The molecule has 0 bridgehead atoms. The monoisotopic (exact) mass is 1110 g/mol. The zero-order valence-electron chi connectivity index (χ0n) is 45.8. The van der Waals surface area contributed by atoms with Gasteiger partial charge in [-0.05, 0) is 102 Å². The summed E-state index contributed by atoms with van der Waals surface area (Å²) in [6.45, 7) is 28.9. The lowest BCUT2D eigenvalue weighted by Crippen LogP contribution is -2.29. The number of nitrogen functional groups attached to an aromatic ring is 2. The number of halogens is 2. The highest BCUT2D eigenvalue weighted by Gasteiger charge is 2.19. The molecular weight excluding hydrogens is 1040 g/mol. The Bertz CT molecular complexity index is 3110. The van der Waals surface area contributed by atoms with Crippen molar-refractivity contribution in [3.05, 3.63) is 142 Å². The van der Waals surface area contributed by atoms with E-state index in [1.54, 1.807) is 60.9 Å². The molecule has 0 spiro atoms. The number of pyridine rings is 4. The number of aromatic nitrogens is 10. The van der Waals surface area contributed by atoms with E-state index in [0.717, 1.165) is 55.4 Å². The number of fused-ring (bicyclic) bond motifs is 2. The summed E-state index contributed by atoms with van der Waals surface area (Å²) in [6.07, 6.45) is 15.2. The minimum Gasteiger partial charge on any atom is -0.408 e. The molecule has 0 aliphatic rings. The SMILES string of the molecule is C=CB(OCCCC)OCCCC.C=Cc1cc(N)ncn1.C=Cc1cc(Nc2cc3ccn(CCO)c(=O)c3c(NC(C)(C)C)n2)ncn1.CC(C)(C)Nc1nc(Cl)cc2ccn(CCO)c(=O)c12.Nc1cc(Cl)ncn1. The zero-order valence-corrected chi connectivity index (χ0v) is 47.4. The van der Waals surface area contributed by atoms with E-state index in [1.165, 1.54) is 34.2 Å². The molecule has 7 aromatic rings. The molecule has 0 aromatic carbocycles. The number of hydrogen-bond donors (Lipinski definition) is 7. The van der Waals surface area contributed by atoms with Crippen molar-refractivity contribution in [2.24, 2.45) is 0 Å². The second kappa shape index (κ2) is 33.1. The highest BCUT2D eigenvalue weighted by Crippen LogP contribution is 2.27. The van der Waals surface area contributed by atoms with Crippen LogP contribution in [0.15, 0.2) is 109 Å². The maximum absolute atomic E-state index is 12.9. The number of rotatable bonds is 19. The summed E-state index contributed by atoms with van der Waals surface area (Å²) in [5.41, 5.74) is 11.1. The van der Waals surface area contributed by atoms with Crippen LogP contribution in [0.3, 0.4) is 0 Å². The average Bonchev–Trinajstić information content (AvgIpc) is 3.37. The van der Waals surface area contributed by atoms with Crippen molar-refractivity contribution >= 4 is 98.9 Å². The standard InChI is InChI=1S/C20H24N6O2.C14H18ClN3O2.C10H21BO2.C6H7N3.C4H4ClN3/c1-5-14-11-15(22-12-21-14)23-16-10-13-6-7-26(8-9-27)19(28)17(13)18(24-16)25-20(2,3)4;1-14(2,3)17-12-11-9(8-10(15)16-12)4-5-18(6-7-19)13(11)20;1-4-7-9-12-11(6-3)13-10-8-5-2;1-2-5-3-6(7)9-4-8-5;5-3-1-4(6)8-2-7-3/h5-7,10-12,27H,1,8-9H2,2-4H3,(H2,21,22,23,24,25);4-5,8,19H,6-7H2,1-3H3,(H,16,17);6H,3-5,7-10H2,1-2H3;2-4H,1H2,(H2,7,8,9);1-2H,(H2,6,7,8). The number of hydrogen-bond acceptors (Lipinski definition) is 19. The van der Waals surface area contributed by atoms with Crippen LogP contribution in [0.25, 0.3) is 33.7 Å². The average molecular weight is 1110 g/mol. The number of nitrogens with zero attached hydrogens (tertiary/aromatic N) is 10. The summed E-state index contributed by atoms with van der Waals surface area (Å²) < 4.78 is 13.8. The van der Waals surface area contributed by atoms with Crippen molar-refractivity contribution in [1.82, 2.24) is 49.0 Å². The molecule has 78 heavy (non-hydrogen) atoms. The molecule has 0 saturated heterocycles. The molecule has 0 aliphatic carbocycles. The Kier molecular flexibility index (Phi) is 27.5. The van der Waals surface area contributed by atoms with Crippen LogP contribution in [0.2, 0.25) is 10.3 Å². The smallest absolute Gasteiger partial charge is 0.408 e. The molecule has 9 N–H and O–H groups in total. The summed E-state index contributed by atoms with van der Waals surface area (Å²) in [5.74, 6) is 4.65. The second-order valence-electron chi connectivity index (χ2n) is 19.0. The fourth-order valence-electron chi connectivity index (χ4n) is 6.50. The number of anilines is 6. The van der Waals surface area contributed by atoms with Crippen molar-refractivity contribution in [2.75, 3.05) is 53.8 Å². The van der Waals surface area contributed by atoms with E-state index in [1.807, 2.05) is 47.6 Å². The molecule has 21 nitrogen and oxygen atoms in total. The highest BCUT2D eigenvalue weighted by molar-refractivity contribution is 6.50. The fraction of sp³-hybridized carbons (Fsp3) is 0.370. The van der Waals surface area contributed by atoms with Crippen LogP contribution in [0.1, 0.15) is 92.5 Å². The topological polar surface area (TPSA) is 294 Å². The molecule has 7 heterocycles. The fourth-order valence-corrected chi connectivity index (χ4v) is 6.86. The third-order valence-corrected chi connectivity index (χ3v) is 10.4. The van der Waals surface area contributed by atoms with Gasteiger partial charge < -0.3 is 56.1 Å². The summed E-state index contributed by atoms with van der Waals surface area (Å²) in [6, 6.07) is 12.0. The highest BCUT2D eigenvalue weighted by atomic mass is 35.5. The van der Waals surface area contributed by atoms with Gasteiger partial charge in [-0.1, -0.05) is 69.0 Å². The van der Waals surface area contributed by atoms with Gasteiger partial charge in [0.15, 0.2) is 0 Å². The van der Waals surface area contributed by atoms with Crippen molar-refractivity contribution in [3.63, 3.8) is 0 Å². The second-order valence-corrected chi connectivity index (χ2v) is 19.7. The number of aliphatic hydroxyl groups is 2. The largest absolute Gasteiger partial charge is 0.485 e. The Morgan fingerprint density at radius 1 is 0.641 bits per heavy atom. The first-order chi connectivity index (χ1) is 37.1. The van der Waals surface area contributed by atoms with Crippen molar-refractivity contribution < 1.29 is 19.5 Å². The molecule has 0 saturated carbocycles. The van der Waals surface area contributed by atoms with Crippen LogP contribution >= 0.6 is 23.2 Å². The van der Waals surface area contributed by atoms with Crippen LogP contribution in [-0.4, -0.2) is 104 Å². The van der Waals surface area contributed by atoms with Crippen molar-refractivity contribution in [3.8, 4) is 0 Å². The Labute approximate surface area is 466 Å². The maximum Gasteiger partial charge on any atom is 0.485 e. The lowest BCUT2D eigenvalue weighted by Gasteiger charge is -2.23. The van der Waals surface area contributed by atoms with Gasteiger partial charge in [-0.25, -0.2) is 39.9 Å². The predicted octanol–water partition coefficient (Wildman–Crippen LogP) is 9.28. The molecule has 0 radical (unpaired) electrons. The van der Waals surface area contributed by atoms with E-state index in [4.69, 9.17) is 49.1 Å². The first kappa shape index (κ1) is 65.0. The van der Waals surface area contributed by atoms with Crippen LogP contribution < -0.4 is 38.5 Å². The minimum absolute atomic E-state index is 0.0888. The van der Waals surface area contributed by atoms with Gasteiger partial charge >= 0.3 is 7.12 Å². The number of nitrogens with two attached hydrogens (primary N) is 2. The molecule has 418 valence electrons. The van der Waals surface area contributed by atoms with E-state index in [9.17, 15) is 14.7 Å². The molecule has 0 atom stereocenters. The number of aliphatic hydroxyl groups excluding tert-OH is 2. The van der Waals surface area contributed by atoms with Gasteiger partial charge in [0.25, 0.3) is 11.1 Å². The van der Waals surface area contributed by atoms with Gasteiger partial charge in [-0.2, -0.15) is 0 Å². The van der Waals surface area contributed by atoms with E-state index >= 15 is 0 Å². The van der Waals surface area contributed by atoms with E-state index < -0.39 is 0 Å². The van der Waals surface area contributed by atoms with Gasteiger partial charge in [0.1, 0.15) is 64.2 Å². The van der Waals surface area contributed by atoms with E-state index in [0.29, 0.717) is 61.7 Å². The molecular formula is C54H74BCl2N15O6. The first-order valence-electron chi connectivity index (χ1n) is 25.1. The maximum atomic E-state index is 12.9. The molecule has 0 unspecified atom stereocenters. The Hall–Kier alpha value is -7.34. The third-order valence-electron chi connectivity index (χ3n) is 10.0. The molecule has 0 amide bonds. The molecule has 24 heteroatoms. The molecule has 7 rings (SSSR count). The van der Waals surface area contributed by atoms with Gasteiger partial charge in [-0.3, -0.25) is 9.59 Å². The van der Waals surface area contributed by atoms with E-state index in [2.05, 4.69) is 89.4 Å². The van der Waals surface area contributed by atoms with Crippen molar-refractivity contribution in [1.29, 1.82) is 0 Å². The zero-order chi connectivity index (χ0) is 57.8. The Morgan fingerprint density at radius 3 is 1.54 bits per heavy atom. The predicted molar refractivity (Wildman–Crippen MR) is 319 cm³/mol. The Balaban J connectivity index is 0.000000278. The van der Waals surface area contributed by atoms with Crippen molar-refractivity contribution in [2.45, 2.75) is 105 Å². The van der Waals surface area contributed by atoms with Crippen LogP contribution in [0.5, 0.6) is 0 Å². The van der Waals surface area contributed by atoms with E-state index in [-0.39, 0.29) is 55.6 Å². The lowest BCUT2D eigenvalue weighted by molar-refractivity contribution is 0.201. The normalized spacial score (nSPS) is 10.8. The van der Waals surface area contributed by atoms with Crippen LogP contribution in [-0.2, 0) is 22.4 Å². The first-order valence-corrected chi connectivity index (χ1v) is 25.9. The summed E-state index contributed by atoms with van der Waals surface area (Å²) in [7, 11) is -0.210. The molecule has 0 fully saturated rings. The summed E-state index contributed by atoms with van der Waals surface area (Å²) >= 11 is 11.4. The number of nitrogens with one attached hydrogen (secondary N) is 3. The quantitative estimate of drug-likeness (QED) is 0.0172. The van der Waals surface area contributed by atoms with Gasteiger partial charge in [0, 0.05) is 68.0 Å². The Morgan fingerprint density at radius 2 is 1.12 bits per heavy atom. The van der Waals surface area contributed by atoms with Crippen LogP contribution in [0, 0.1) is 0 Å².